The lowest BCUT2D eigenvalue weighted by Gasteiger charge is -2.34. The third-order valence-electron chi connectivity index (χ3n) is 7.98. The van der Waals surface area contributed by atoms with Crippen molar-refractivity contribution in [3.63, 3.8) is 0 Å². The molecule has 4 rings (SSSR count). The van der Waals surface area contributed by atoms with Gasteiger partial charge in [0, 0.05) is 18.4 Å². The van der Waals surface area contributed by atoms with E-state index in [9.17, 15) is 32.7 Å². The van der Waals surface area contributed by atoms with Gasteiger partial charge < -0.3 is 10.0 Å². The summed E-state index contributed by atoms with van der Waals surface area (Å²) in [6.45, 7) is 4.95. The monoisotopic (exact) mass is 588 g/mol. The lowest BCUT2D eigenvalue weighted by molar-refractivity contribution is -0.152. The number of ketones is 1. The summed E-state index contributed by atoms with van der Waals surface area (Å²) >= 11 is 12.2. The van der Waals surface area contributed by atoms with Gasteiger partial charge in [-0.25, -0.2) is 0 Å². The molecule has 0 aliphatic heterocycles. The summed E-state index contributed by atoms with van der Waals surface area (Å²) in [5.74, 6) is -2.41. The zero-order valence-corrected chi connectivity index (χ0v) is 23.1. The van der Waals surface area contributed by atoms with Gasteiger partial charge in [-0.15, -0.1) is 0 Å². The first-order chi connectivity index (χ1) is 18.2. The second kappa shape index (κ2) is 10.7. The Hall–Kier alpha value is -2.66. The highest BCUT2D eigenvalue weighted by Crippen LogP contribution is 2.45. The van der Waals surface area contributed by atoms with Gasteiger partial charge >= 0.3 is 12.1 Å². The van der Waals surface area contributed by atoms with Crippen molar-refractivity contribution in [1.29, 1.82) is 0 Å². The second-order valence-electron chi connectivity index (χ2n) is 11.0. The van der Waals surface area contributed by atoms with Crippen LogP contribution in [0, 0.1) is 17.3 Å². The molecule has 13 heteroatoms. The second-order valence-corrected chi connectivity index (χ2v) is 11.8. The van der Waals surface area contributed by atoms with E-state index in [2.05, 4.69) is 10.1 Å². The molecule has 2 aromatic rings. The molecule has 2 atom stereocenters. The number of carboxylic acids is 1. The van der Waals surface area contributed by atoms with Crippen LogP contribution in [-0.4, -0.2) is 55.0 Å². The summed E-state index contributed by atoms with van der Waals surface area (Å²) in [6.07, 6.45) is -0.324. The number of Topliss-reactive ketones (excluding diaryl/α,β-unsaturated/α-hetero) is 1. The number of rotatable bonds is 8. The predicted molar refractivity (Wildman–Crippen MR) is 137 cm³/mol. The SMILES string of the molecule is CC(C)[C@@H]1C[C@@H]1N(CC(=O)c1c(Cl)cncc1Cl)C(=O)c1cnn(C2CCC(C)(C(=O)O)CC2)c1C(F)(F)F. The maximum absolute atomic E-state index is 14.4. The minimum atomic E-state index is -4.91. The number of amides is 1. The van der Waals surface area contributed by atoms with Crippen molar-refractivity contribution >= 4 is 40.9 Å². The van der Waals surface area contributed by atoms with E-state index in [1.165, 1.54) is 17.3 Å². The van der Waals surface area contributed by atoms with Gasteiger partial charge in [-0.1, -0.05) is 37.0 Å². The van der Waals surface area contributed by atoms with Crippen LogP contribution < -0.4 is 0 Å². The molecule has 212 valence electrons. The van der Waals surface area contributed by atoms with E-state index in [-0.39, 0.29) is 53.1 Å². The van der Waals surface area contributed by atoms with Crippen molar-refractivity contribution in [2.24, 2.45) is 17.3 Å². The summed E-state index contributed by atoms with van der Waals surface area (Å²) < 4.78 is 44.1. The Morgan fingerprint density at radius 1 is 1.15 bits per heavy atom. The average molecular weight is 589 g/mol. The lowest BCUT2D eigenvalue weighted by atomic mass is 9.74. The van der Waals surface area contributed by atoms with Gasteiger partial charge in [-0.2, -0.15) is 18.3 Å². The molecule has 0 aromatic carbocycles. The zero-order valence-electron chi connectivity index (χ0n) is 21.6. The van der Waals surface area contributed by atoms with Gasteiger partial charge in [0.2, 0.25) is 0 Å². The lowest BCUT2D eigenvalue weighted by Crippen LogP contribution is -2.40. The van der Waals surface area contributed by atoms with Crippen molar-refractivity contribution in [3.8, 4) is 0 Å². The highest BCUT2D eigenvalue weighted by atomic mass is 35.5. The average Bonchev–Trinajstić information content (AvgIpc) is 3.51. The quantitative estimate of drug-likeness (QED) is 0.369. The van der Waals surface area contributed by atoms with Crippen molar-refractivity contribution in [2.45, 2.75) is 71.1 Å². The summed E-state index contributed by atoms with van der Waals surface area (Å²) in [5, 5.41) is 13.4. The summed E-state index contributed by atoms with van der Waals surface area (Å²) in [7, 11) is 0. The van der Waals surface area contributed by atoms with Crippen LogP contribution in [-0.2, 0) is 11.0 Å². The van der Waals surface area contributed by atoms with E-state index in [0.29, 0.717) is 6.42 Å². The van der Waals surface area contributed by atoms with Crippen LogP contribution in [0.15, 0.2) is 18.6 Å². The number of pyridine rings is 1. The fourth-order valence-corrected chi connectivity index (χ4v) is 6.03. The van der Waals surface area contributed by atoms with E-state index < -0.39 is 59.1 Å². The first kappa shape index (κ1) is 29.3. The molecule has 1 amide bonds. The number of hydrogen-bond acceptors (Lipinski definition) is 5. The topological polar surface area (TPSA) is 105 Å². The molecule has 2 aromatic heterocycles. The molecule has 1 N–H and O–H groups in total. The number of carbonyl (C=O) groups excluding carboxylic acids is 2. The Morgan fingerprint density at radius 2 is 1.74 bits per heavy atom. The molecule has 2 saturated carbocycles. The van der Waals surface area contributed by atoms with Crippen LogP contribution in [0.2, 0.25) is 10.0 Å². The highest BCUT2D eigenvalue weighted by Gasteiger charge is 2.49. The molecule has 2 aliphatic rings. The first-order valence-electron chi connectivity index (χ1n) is 12.7. The van der Waals surface area contributed by atoms with Gasteiger partial charge in [0.15, 0.2) is 11.5 Å². The van der Waals surface area contributed by atoms with E-state index in [0.717, 1.165) is 10.9 Å². The van der Waals surface area contributed by atoms with Crippen LogP contribution >= 0.6 is 23.2 Å². The minimum Gasteiger partial charge on any atom is -0.481 e. The Kier molecular flexibility index (Phi) is 8.06. The highest BCUT2D eigenvalue weighted by molar-refractivity contribution is 6.39. The van der Waals surface area contributed by atoms with Gasteiger partial charge in [0.05, 0.1) is 45.4 Å². The predicted octanol–water partition coefficient (Wildman–Crippen LogP) is 6.18. The standard InChI is InChI=1S/C26H29Cl2F3N4O4/c1-13(2)15-8-19(15)34(12-20(36)21-17(27)10-32-11-18(21)28)23(37)16-9-33-35(22(16)26(29,30)31)14-4-6-25(3,7-5-14)24(38)39/h9-11,13-15,19H,4-8,12H2,1-3H3,(H,38,39)/t14?,15-,19-,25?/m0/s1. The number of halogens is 5. The number of aliphatic carboxylic acids is 1. The molecule has 39 heavy (non-hydrogen) atoms. The molecule has 0 radical (unpaired) electrons. The maximum Gasteiger partial charge on any atom is 0.433 e. The van der Waals surface area contributed by atoms with E-state index >= 15 is 0 Å². The van der Waals surface area contributed by atoms with Crippen LogP contribution in [0.25, 0.3) is 0 Å². The van der Waals surface area contributed by atoms with E-state index in [1.807, 2.05) is 13.8 Å². The Labute approximate surface area is 233 Å². The zero-order chi connectivity index (χ0) is 28.9. The van der Waals surface area contributed by atoms with Gasteiger partial charge in [0.25, 0.3) is 5.91 Å². The van der Waals surface area contributed by atoms with Crippen molar-refractivity contribution < 1.29 is 32.7 Å². The normalized spacial score (nSPS) is 25.0. The van der Waals surface area contributed by atoms with Gasteiger partial charge in [0.1, 0.15) is 0 Å². The third-order valence-corrected chi connectivity index (χ3v) is 8.56. The van der Waals surface area contributed by atoms with Crippen molar-refractivity contribution in [3.05, 3.63) is 45.5 Å². The fourth-order valence-electron chi connectivity index (χ4n) is 5.46. The van der Waals surface area contributed by atoms with Crippen LogP contribution in [0.3, 0.4) is 0 Å². The van der Waals surface area contributed by atoms with Crippen molar-refractivity contribution in [1.82, 2.24) is 19.7 Å². The van der Waals surface area contributed by atoms with Gasteiger partial charge in [-0.05, 0) is 50.9 Å². The Bertz CT molecular complexity index is 1270. The summed E-state index contributed by atoms with van der Waals surface area (Å²) in [5.41, 5.74) is -2.92. The number of nitrogens with zero attached hydrogens (tertiary/aromatic N) is 4. The molecular formula is C26H29Cl2F3N4O4. The molecule has 2 heterocycles. The van der Waals surface area contributed by atoms with Crippen LogP contribution in [0.4, 0.5) is 13.2 Å². The number of aromatic nitrogens is 3. The summed E-state index contributed by atoms with van der Waals surface area (Å²) in [6, 6.07) is -1.15. The maximum atomic E-state index is 14.4. The van der Waals surface area contributed by atoms with Crippen LogP contribution in [0.1, 0.15) is 85.3 Å². The molecule has 0 saturated heterocycles. The Morgan fingerprint density at radius 3 is 2.23 bits per heavy atom. The molecule has 2 fully saturated rings. The number of carboxylic acid groups (broad SMARTS) is 1. The van der Waals surface area contributed by atoms with E-state index in [1.54, 1.807) is 6.92 Å². The number of hydrogen-bond donors (Lipinski definition) is 1. The van der Waals surface area contributed by atoms with Crippen LogP contribution in [0.5, 0.6) is 0 Å². The largest absolute Gasteiger partial charge is 0.481 e. The molecule has 2 aliphatic carbocycles. The first-order valence-corrected chi connectivity index (χ1v) is 13.4. The van der Waals surface area contributed by atoms with Crippen molar-refractivity contribution in [2.75, 3.05) is 6.54 Å². The van der Waals surface area contributed by atoms with Gasteiger partial charge in [-0.3, -0.25) is 24.0 Å². The smallest absolute Gasteiger partial charge is 0.433 e. The molecule has 0 unspecified atom stereocenters. The molecule has 0 spiro atoms. The molecule has 8 nitrogen and oxygen atoms in total. The summed E-state index contributed by atoms with van der Waals surface area (Å²) in [4.78, 5) is 43.5. The number of carbonyl (C=O) groups is 3. The number of alkyl halides is 3. The molecular weight excluding hydrogens is 560 g/mol. The fraction of sp³-hybridized carbons (Fsp3) is 0.577. The Balaban J connectivity index is 1.68. The minimum absolute atomic E-state index is 0.0153. The van der Waals surface area contributed by atoms with E-state index in [4.69, 9.17) is 23.2 Å². The molecule has 0 bridgehead atoms. The third kappa shape index (κ3) is 5.79.